The van der Waals surface area contributed by atoms with Crippen molar-refractivity contribution in [1.29, 1.82) is 0 Å². The highest BCUT2D eigenvalue weighted by molar-refractivity contribution is 6.74. The van der Waals surface area contributed by atoms with Crippen LogP contribution in [0.1, 0.15) is 126 Å². The third kappa shape index (κ3) is 16.8. The van der Waals surface area contributed by atoms with Crippen LogP contribution in [0.15, 0.2) is 73.0 Å². The second-order valence-electron chi connectivity index (χ2n) is 26.4. The molecule has 20 nitrogen and oxygen atoms in total. The van der Waals surface area contributed by atoms with E-state index in [0.717, 1.165) is 35.0 Å². The van der Waals surface area contributed by atoms with Crippen LogP contribution >= 0.6 is 0 Å². The number of aromatic nitrogens is 3. The monoisotopic (exact) mass is 1210 g/mol. The van der Waals surface area contributed by atoms with Crippen molar-refractivity contribution in [3.8, 4) is 5.69 Å². The van der Waals surface area contributed by atoms with Crippen molar-refractivity contribution in [2.75, 3.05) is 28.3 Å². The first kappa shape index (κ1) is 66.9. The molecule has 4 fully saturated rings. The zero-order valence-corrected chi connectivity index (χ0v) is 54.0. The zero-order valence-electron chi connectivity index (χ0n) is 53.0. The van der Waals surface area contributed by atoms with E-state index < -0.39 is 112 Å². The summed E-state index contributed by atoms with van der Waals surface area (Å²) in [6.45, 7) is 22.2. The molecular formula is C64H99N5O15Si. The number of carbonyl (C=O) groups excluding carboxylic acids is 2. The molecule has 1 unspecified atom stereocenters. The van der Waals surface area contributed by atoms with E-state index >= 15 is 0 Å². The van der Waals surface area contributed by atoms with Crippen LogP contribution in [-0.2, 0) is 67.8 Å². The zero-order chi connectivity index (χ0) is 61.5. The Kier molecular flexibility index (Phi) is 22.9. The van der Waals surface area contributed by atoms with Crippen molar-refractivity contribution < 1.29 is 71.6 Å². The van der Waals surface area contributed by atoms with Crippen molar-refractivity contribution in [2.45, 2.75) is 255 Å². The van der Waals surface area contributed by atoms with Crippen molar-refractivity contribution in [3.05, 3.63) is 78.7 Å². The van der Waals surface area contributed by atoms with E-state index in [9.17, 15) is 19.8 Å². The number of fused-ring (bicyclic) bond motifs is 4. The van der Waals surface area contributed by atoms with Gasteiger partial charge in [0.2, 0.25) is 0 Å². The van der Waals surface area contributed by atoms with E-state index in [1.807, 2.05) is 94.6 Å². The lowest BCUT2D eigenvalue weighted by atomic mass is 9.82. The van der Waals surface area contributed by atoms with Crippen molar-refractivity contribution in [3.63, 3.8) is 0 Å². The van der Waals surface area contributed by atoms with Gasteiger partial charge in [0.15, 0.2) is 33.3 Å². The molecule has 2 bridgehead atoms. The number of ether oxygens (including phenoxy) is 10. The molecule has 5 aliphatic heterocycles. The van der Waals surface area contributed by atoms with Crippen LogP contribution in [0.2, 0.25) is 18.1 Å². The number of aliphatic hydroxyl groups excluding tert-OH is 1. The number of carbonyl (C=O) groups is 2. The summed E-state index contributed by atoms with van der Waals surface area (Å²) in [5.41, 5.74) is 0.111. The first-order valence-corrected chi connectivity index (χ1v) is 33.8. The van der Waals surface area contributed by atoms with Crippen molar-refractivity contribution in [2.24, 2.45) is 11.8 Å². The molecule has 0 aliphatic carbocycles. The number of esters is 2. The number of methoxy groups -OCH3 is 1. The molecule has 3 N–H and O–H groups in total. The van der Waals surface area contributed by atoms with E-state index in [1.165, 1.54) is 0 Å². The van der Waals surface area contributed by atoms with Crippen LogP contribution in [0, 0.1) is 11.8 Å². The lowest BCUT2D eigenvalue weighted by molar-refractivity contribution is -0.343. The minimum Gasteiger partial charge on any atom is -0.462 e. The maximum Gasteiger partial charge on any atom is 0.308 e. The molecule has 0 saturated carbocycles. The lowest BCUT2D eigenvalue weighted by Crippen LogP contribution is -2.65. The molecule has 0 amide bonds. The van der Waals surface area contributed by atoms with Gasteiger partial charge in [-0.15, -0.1) is 5.10 Å². The highest BCUT2D eigenvalue weighted by Crippen LogP contribution is 2.44. The molecule has 3 aromatic rings. The van der Waals surface area contributed by atoms with Gasteiger partial charge in [0.05, 0.1) is 66.7 Å². The fourth-order valence-corrected chi connectivity index (χ4v) is 13.8. The number of nitrogens with one attached hydrogen (secondary N) is 1. The molecule has 0 spiro atoms. The van der Waals surface area contributed by atoms with Gasteiger partial charge < -0.3 is 72.2 Å². The van der Waals surface area contributed by atoms with E-state index in [2.05, 4.69) is 81.6 Å². The molecule has 6 heterocycles. The van der Waals surface area contributed by atoms with Gasteiger partial charge in [-0.3, -0.25) is 9.59 Å². The molecule has 21 heteroatoms. The van der Waals surface area contributed by atoms with Crippen LogP contribution in [0.3, 0.4) is 0 Å². The van der Waals surface area contributed by atoms with Gasteiger partial charge in [-0.25, -0.2) is 4.68 Å². The van der Waals surface area contributed by atoms with Crippen molar-refractivity contribution >= 4 is 31.0 Å². The van der Waals surface area contributed by atoms with E-state index in [-0.39, 0.29) is 54.4 Å². The first-order chi connectivity index (χ1) is 40.2. The quantitative estimate of drug-likeness (QED) is 0.0852. The van der Waals surface area contributed by atoms with Gasteiger partial charge in [-0.2, -0.15) is 0 Å². The molecule has 8 rings (SSSR count). The topological polar surface area (TPSA) is 222 Å². The Morgan fingerprint density at radius 1 is 0.894 bits per heavy atom. The number of hydrogen-bond acceptors (Lipinski definition) is 19. The summed E-state index contributed by atoms with van der Waals surface area (Å²) in [6, 6.07) is 13.6. The molecule has 85 heavy (non-hydrogen) atoms. The lowest BCUT2D eigenvalue weighted by Gasteiger charge is -2.50. The average molecular weight is 1210 g/mol. The predicted molar refractivity (Wildman–Crippen MR) is 323 cm³/mol. The summed E-state index contributed by atoms with van der Waals surface area (Å²) in [5, 5.41) is 38.7. The first-order valence-electron chi connectivity index (χ1n) is 30.9. The molecule has 2 aromatic carbocycles. The van der Waals surface area contributed by atoms with Gasteiger partial charge in [-0.05, 0) is 129 Å². The number of cyclic esters (lactones) is 1. The summed E-state index contributed by atoms with van der Waals surface area (Å²) in [7, 11) is 4.74. The van der Waals surface area contributed by atoms with Crippen molar-refractivity contribution in [1.82, 2.24) is 25.2 Å². The minimum atomic E-state index is -2.50. The van der Waals surface area contributed by atoms with Crippen LogP contribution in [-0.4, -0.2) is 189 Å². The summed E-state index contributed by atoms with van der Waals surface area (Å²) >= 11 is 0. The van der Waals surface area contributed by atoms with Crippen LogP contribution in [0.25, 0.3) is 16.5 Å². The number of aryl methyl sites for hydroxylation is 1. The second kappa shape index (κ2) is 29.1. The Labute approximate surface area is 505 Å². The highest BCUT2D eigenvalue weighted by Gasteiger charge is 2.54. The van der Waals surface area contributed by atoms with Gasteiger partial charge >= 0.3 is 11.9 Å². The van der Waals surface area contributed by atoms with E-state index in [1.54, 1.807) is 25.6 Å². The molecular weight excluding hydrogens is 1110 g/mol. The summed E-state index contributed by atoms with van der Waals surface area (Å²) in [6.07, 6.45) is 2.43. The Hall–Kier alpha value is -4.04. The molecule has 0 radical (unpaired) electrons. The van der Waals surface area contributed by atoms with Crippen LogP contribution < -0.4 is 5.32 Å². The van der Waals surface area contributed by atoms with Crippen LogP contribution in [0.5, 0.6) is 0 Å². The number of aliphatic hydroxyl groups is 2. The maximum absolute atomic E-state index is 14.0. The fraction of sp³-hybridized carbons (Fsp3) is 0.719. The smallest absolute Gasteiger partial charge is 0.308 e. The number of nitrogens with zero attached hydrogens (tertiary/aromatic N) is 4. The standard InChI is InChI=1S/C64H99N5O15Si/c1-38-33-44-34-54(84-85(14,15)63(6,7)8)80-50(35-52(71)75-39(2)23-17-16-18-29-49(38)79-53-32-31-47(65-10)40(3)76-53)60(74-13)59(44)83-62-57(72)56(68(11)12)58(41(4)78-62)82-55-36-64(9,73)61(42(5)77-55)81-51(70)30-22-26-45-37-69(67-66-45)48-28-21-25-43-24-19-20-27-46(43)48/h16-21,24-25,27-29,37-42,44,47,49-50,53-62,65,72-73H,22-23,26,30-36H2,1-15H3/b17-16-,29-18-/t38-,39-,40-,41-,42+,44-,47+,49+,50-,53+,54?,55+,56-,57-,58-,59+,60+,61+,62+,64-/m1/s1. The fourth-order valence-electron chi connectivity index (χ4n) is 12.6. The summed E-state index contributed by atoms with van der Waals surface area (Å²) in [5.74, 6) is -1.41. The maximum atomic E-state index is 14.0. The highest BCUT2D eigenvalue weighted by atomic mass is 28.4. The average Bonchev–Trinajstić information content (AvgIpc) is 2.80. The third-order valence-electron chi connectivity index (χ3n) is 18.3. The van der Waals surface area contributed by atoms with Gasteiger partial charge in [0.25, 0.3) is 0 Å². The normalized spacial score (nSPS) is 37.3. The molecule has 4 saturated heterocycles. The number of likely N-dealkylation sites (N-methyl/N-ethyl adjacent to an activating group) is 2. The molecule has 5 aliphatic rings. The Morgan fingerprint density at radius 3 is 2.34 bits per heavy atom. The van der Waals surface area contributed by atoms with E-state index in [0.29, 0.717) is 32.1 Å². The summed E-state index contributed by atoms with van der Waals surface area (Å²) < 4.78 is 74.8. The minimum absolute atomic E-state index is 0.0390. The molecule has 1 aromatic heterocycles. The third-order valence-corrected chi connectivity index (χ3v) is 22.8. The van der Waals surface area contributed by atoms with Gasteiger partial charge in [0.1, 0.15) is 36.3 Å². The Balaban J connectivity index is 0.982. The van der Waals surface area contributed by atoms with Gasteiger partial charge in [0, 0.05) is 44.2 Å². The molecule has 474 valence electrons. The SMILES string of the molecule is CN[C@H]1CC[C@H](O[C@H]2/C=C\C=C/C[C@@H](C)OC(=O)C[C@H]3OC(O[Si](C)(C)C(C)(C)C)C[C@@H](C[C@H]2C)[C@H](O[C@@H]2O[C@H](C)[C@@H](O[C@H]4C[C@@](C)(O)[C@@H](OC(=O)CCCc5cn(-c6cccc7ccccc67)nn5)[C@H](C)O4)[C@H](N(C)C)[C@H]2O)[C@H]3OC)O[C@@H]1C. The number of rotatable bonds is 17. The Bertz CT molecular complexity index is 2700. The molecule has 20 atom stereocenters. The number of hydrogen-bond donors (Lipinski definition) is 3. The van der Waals surface area contributed by atoms with Gasteiger partial charge in [-0.1, -0.05) is 93.6 Å². The summed E-state index contributed by atoms with van der Waals surface area (Å²) in [4.78, 5) is 29.3. The van der Waals surface area contributed by atoms with Crippen LogP contribution in [0.4, 0.5) is 0 Å². The second-order valence-corrected chi connectivity index (χ2v) is 31.1. The predicted octanol–water partition coefficient (Wildman–Crippen LogP) is 8.48. The largest absolute Gasteiger partial charge is 0.462 e. The number of benzene rings is 2. The van der Waals surface area contributed by atoms with E-state index in [4.69, 9.17) is 51.8 Å². The Morgan fingerprint density at radius 2 is 1.64 bits per heavy atom. The number of allylic oxidation sites excluding steroid dienone is 2.